The van der Waals surface area contributed by atoms with Crippen molar-refractivity contribution in [2.75, 3.05) is 19.8 Å². The van der Waals surface area contributed by atoms with Crippen LogP contribution in [0.5, 0.6) is 0 Å². The second-order valence-corrected chi connectivity index (χ2v) is 5.89. The fraction of sp³-hybridized carbons (Fsp3) is 0.533. The molecule has 1 rings (SSSR count). The number of hydrogen-bond donors (Lipinski definition) is 1. The van der Waals surface area contributed by atoms with E-state index in [1.807, 2.05) is 30.3 Å². The zero-order valence-electron chi connectivity index (χ0n) is 12.4. The summed E-state index contributed by atoms with van der Waals surface area (Å²) in [5, 5.41) is 11.1. The number of carbonyl (C=O) groups excluding carboxylic acids is 1. The van der Waals surface area contributed by atoms with E-state index in [9.17, 15) is 9.90 Å². The second-order valence-electron chi connectivity index (χ2n) is 4.69. The van der Waals surface area contributed by atoms with Crippen molar-refractivity contribution in [1.82, 2.24) is 5.06 Å². The Morgan fingerprint density at radius 2 is 2.10 bits per heavy atom. The normalized spacial score (nSPS) is 12.7. The van der Waals surface area contributed by atoms with Gasteiger partial charge in [0.25, 0.3) is 0 Å². The molecule has 118 valence electrons. The van der Waals surface area contributed by atoms with Gasteiger partial charge in [0, 0.05) is 22.5 Å². The molecule has 2 unspecified atom stereocenters. The van der Waals surface area contributed by atoms with Gasteiger partial charge in [0.15, 0.2) is 0 Å². The molecule has 0 aliphatic carbocycles. The fourth-order valence-electron chi connectivity index (χ4n) is 1.83. The summed E-state index contributed by atoms with van der Waals surface area (Å²) in [7, 11) is 2.10. The molecule has 0 saturated carbocycles. The van der Waals surface area contributed by atoms with Crippen LogP contribution in [0, 0.1) is 0 Å². The molecular formula is C15H24NO4P. The van der Waals surface area contributed by atoms with E-state index >= 15 is 0 Å². The number of hydroxylamine groups is 2. The molecule has 1 N–H and O–H groups in total. The minimum absolute atomic E-state index is 0.338. The van der Waals surface area contributed by atoms with Crippen molar-refractivity contribution in [3.8, 4) is 0 Å². The quantitative estimate of drug-likeness (QED) is 0.278. The first kappa shape index (κ1) is 18.1. The molecule has 0 radical (unpaired) electrons. The van der Waals surface area contributed by atoms with Crippen LogP contribution in [0.3, 0.4) is 0 Å². The second kappa shape index (κ2) is 11.6. The maximum Gasteiger partial charge on any atom is 0.233 e. The van der Waals surface area contributed by atoms with Crippen molar-refractivity contribution in [2.45, 2.75) is 32.0 Å². The zero-order valence-corrected chi connectivity index (χ0v) is 13.4. The maximum absolute atomic E-state index is 10.9. The lowest BCUT2D eigenvalue weighted by Gasteiger charge is -2.18. The smallest absolute Gasteiger partial charge is 0.233 e. The molecular weight excluding hydrogens is 289 g/mol. The van der Waals surface area contributed by atoms with Crippen molar-refractivity contribution < 1.29 is 19.3 Å². The monoisotopic (exact) mass is 313 g/mol. The van der Waals surface area contributed by atoms with E-state index in [1.165, 1.54) is 5.06 Å². The SMILES string of the molecule is COPCCC(O)CCCN(C=O)OCc1ccccc1. The highest BCUT2D eigenvalue weighted by atomic mass is 31.1. The lowest BCUT2D eigenvalue weighted by Crippen LogP contribution is -2.24. The van der Waals surface area contributed by atoms with E-state index in [2.05, 4.69) is 0 Å². The summed E-state index contributed by atoms with van der Waals surface area (Å²) in [4.78, 5) is 16.4. The Kier molecular flexibility index (Phi) is 10.0. The Balaban J connectivity index is 2.14. The van der Waals surface area contributed by atoms with Crippen LogP contribution < -0.4 is 0 Å². The Morgan fingerprint density at radius 3 is 2.76 bits per heavy atom. The molecule has 0 fully saturated rings. The lowest BCUT2D eigenvalue weighted by molar-refractivity contribution is -0.177. The van der Waals surface area contributed by atoms with Crippen molar-refractivity contribution in [1.29, 1.82) is 0 Å². The molecule has 0 bridgehead atoms. The van der Waals surface area contributed by atoms with Crippen LogP contribution >= 0.6 is 8.81 Å². The molecule has 0 spiro atoms. The number of aliphatic hydroxyl groups is 1. The maximum atomic E-state index is 10.9. The van der Waals surface area contributed by atoms with Gasteiger partial charge in [-0.15, -0.1) is 0 Å². The number of aliphatic hydroxyl groups excluding tert-OH is 1. The van der Waals surface area contributed by atoms with Crippen LogP contribution in [0.1, 0.15) is 24.8 Å². The number of nitrogens with zero attached hydrogens (tertiary/aromatic N) is 1. The first-order chi connectivity index (χ1) is 10.3. The van der Waals surface area contributed by atoms with Gasteiger partial charge in [0.1, 0.15) is 6.61 Å². The minimum Gasteiger partial charge on any atom is -0.393 e. The summed E-state index contributed by atoms with van der Waals surface area (Å²) < 4.78 is 4.97. The van der Waals surface area contributed by atoms with Gasteiger partial charge in [-0.1, -0.05) is 30.3 Å². The molecule has 6 heteroatoms. The fourth-order valence-corrected chi connectivity index (χ4v) is 2.49. The number of benzene rings is 1. The Hall–Kier alpha value is -1.00. The van der Waals surface area contributed by atoms with Gasteiger partial charge in [0.05, 0.1) is 6.10 Å². The Bertz CT molecular complexity index is 377. The van der Waals surface area contributed by atoms with Gasteiger partial charge in [-0.3, -0.25) is 9.63 Å². The molecule has 0 aromatic heterocycles. The van der Waals surface area contributed by atoms with Crippen molar-refractivity contribution in [2.24, 2.45) is 0 Å². The zero-order chi connectivity index (χ0) is 15.3. The number of carbonyl (C=O) groups is 1. The van der Waals surface area contributed by atoms with Crippen LogP contribution in [0.25, 0.3) is 0 Å². The first-order valence-electron chi connectivity index (χ1n) is 7.09. The molecule has 1 amide bonds. The van der Waals surface area contributed by atoms with Crippen molar-refractivity contribution in [3.05, 3.63) is 35.9 Å². The number of amides is 1. The van der Waals surface area contributed by atoms with Gasteiger partial charge >= 0.3 is 0 Å². The highest BCUT2D eigenvalue weighted by molar-refractivity contribution is 7.32. The van der Waals surface area contributed by atoms with E-state index in [4.69, 9.17) is 9.36 Å². The highest BCUT2D eigenvalue weighted by Crippen LogP contribution is 2.14. The molecule has 0 heterocycles. The highest BCUT2D eigenvalue weighted by Gasteiger charge is 2.07. The number of rotatable bonds is 12. The third kappa shape index (κ3) is 8.79. The average Bonchev–Trinajstić information content (AvgIpc) is 2.52. The van der Waals surface area contributed by atoms with E-state index in [0.29, 0.717) is 41.2 Å². The van der Waals surface area contributed by atoms with Gasteiger partial charge < -0.3 is 9.63 Å². The van der Waals surface area contributed by atoms with Crippen LogP contribution in [0.15, 0.2) is 30.3 Å². The summed E-state index contributed by atoms with van der Waals surface area (Å²) in [6.45, 7) is 0.858. The summed E-state index contributed by atoms with van der Waals surface area (Å²) in [5.74, 6) is 0. The topological polar surface area (TPSA) is 59.0 Å². The Morgan fingerprint density at radius 1 is 1.33 bits per heavy atom. The third-order valence-electron chi connectivity index (χ3n) is 3.00. The van der Waals surface area contributed by atoms with Gasteiger partial charge in [-0.05, 0) is 31.0 Å². The van der Waals surface area contributed by atoms with E-state index in [-0.39, 0.29) is 6.10 Å². The van der Waals surface area contributed by atoms with Crippen molar-refractivity contribution >= 4 is 15.2 Å². The first-order valence-corrected chi connectivity index (χ1v) is 8.20. The predicted octanol–water partition coefficient (Wildman–Crippen LogP) is 2.35. The van der Waals surface area contributed by atoms with Crippen LogP contribution in [0.2, 0.25) is 0 Å². The summed E-state index contributed by atoms with van der Waals surface area (Å²) in [5.41, 5.74) is 1.02. The molecule has 1 aromatic rings. The molecule has 5 nitrogen and oxygen atoms in total. The van der Waals surface area contributed by atoms with E-state index < -0.39 is 0 Å². The summed E-state index contributed by atoms with van der Waals surface area (Å²) >= 11 is 0. The molecule has 21 heavy (non-hydrogen) atoms. The summed E-state index contributed by atoms with van der Waals surface area (Å²) in [6, 6.07) is 9.70. The van der Waals surface area contributed by atoms with Gasteiger partial charge in [-0.25, -0.2) is 5.06 Å². The standard InChI is InChI=1S/C15H24NO4P/c1-19-21-11-9-15(18)8-5-10-16(13-17)20-12-14-6-3-2-4-7-14/h2-4,6-7,13,15,18,21H,5,8-12H2,1H3. The van der Waals surface area contributed by atoms with Gasteiger partial charge in [0.2, 0.25) is 6.41 Å². The molecule has 1 aromatic carbocycles. The van der Waals surface area contributed by atoms with Crippen LogP contribution in [0.4, 0.5) is 0 Å². The van der Waals surface area contributed by atoms with E-state index in [1.54, 1.807) is 7.11 Å². The van der Waals surface area contributed by atoms with Gasteiger partial charge in [-0.2, -0.15) is 0 Å². The Labute approximate surface area is 128 Å². The number of hydrogen-bond acceptors (Lipinski definition) is 4. The van der Waals surface area contributed by atoms with Crippen molar-refractivity contribution in [3.63, 3.8) is 0 Å². The largest absolute Gasteiger partial charge is 0.393 e. The van der Waals surface area contributed by atoms with Crippen LogP contribution in [-0.4, -0.2) is 42.5 Å². The van der Waals surface area contributed by atoms with Crippen LogP contribution in [-0.2, 0) is 20.8 Å². The molecule has 0 saturated heterocycles. The molecule has 0 aliphatic rings. The average molecular weight is 313 g/mol. The molecule has 2 atom stereocenters. The lowest BCUT2D eigenvalue weighted by atomic mass is 10.1. The summed E-state index contributed by atoms with van der Waals surface area (Å²) in [6.07, 6.45) is 3.33. The third-order valence-corrected chi connectivity index (χ3v) is 3.78. The molecule has 0 aliphatic heterocycles. The predicted molar refractivity (Wildman–Crippen MR) is 84.0 cm³/mol. The minimum atomic E-state index is -0.338. The van der Waals surface area contributed by atoms with E-state index in [0.717, 1.165) is 18.1 Å².